The molecular weight excluding hydrogens is 271 g/mol. The van der Waals surface area contributed by atoms with E-state index in [1.165, 1.54) is 16.9 Å². The zero-order valence-electron chi connectivity index (χ0n) is 9.77. The molecule has 4 nitrogen and oxygen atoms in total. The normalized spacial score (nSPS) is 24.7. The summed E-state index contributed by atoms with van der Waals surface area (Å²) in [6, 6.07) is 0. The minimum absolute atomic E-state index is 0.0210. The Hall–Kier alpha value is -0.502. The fourth-order valence-corrected chi connectivity index (χ4v) is 2.65. The van der Waals surface area contributed by atoms with Crippen molar-refractivity contribution in [1.82, 2.24) is 0 Å². The molecule has 0 N–H and O–H groups in total. The van der Waals surface area contributed by atoms with Gasteiger partial charge in [0.1, 0.15) is 0 Å². The van der Waals surface area contributed by atoms with Crippen molar-refractivity contribution < 1.29 is 19.1 Å². The van der Waals surface area contributed by atoms with Gasteiger partial charge in [-0.15, -0.1) is 0 Å². The number of hydrogen-bond donors (Lipinski definition) is 0. The van der Waals surface area contributed by atoms with Crippen LogP contribution in [0.2, 0.25) is 4.71 Å². The third kappa shape index (κ3) is 3.82. The summed E-state index contributed by atoms with van der Waals surface area (Å²) in [5.41, 5.74) is 0. The molecule has 0 spiro atoms. The predicted octanol–water partition coefficient (Wildman–Crippen LogP) is 0.560. The molecule has 0 aromatic heterocycles. The number of rotatable bonds is 6. The minimum atomic E-state index is -0.142. The van der Waals surface area contributed by atoms with Crippen LogP contribution in [0.25, 0.3) is 0 Å². The van der Waals surface area contributed by atoms with Gasteiger partial charge in [0.2, 0.25) is 0 Å². The summed E-state index contributed by atoms with van der Waals surface area (Å²) in [6.45, 7) is 4.46. The van der Waals surface area contributed by atoms with Crippen molar-refractivity contribution in [2.75, 3.05) is 13.2 Å². The van der Waals surface area contributed by atoms with Gasteiger partial charge in [-0.3, -0.25) is 0 Å². The summed E-state index contributed by atoms with van der Waals surface area (Å²) >= 11 is 1.37. The molecule has 1 aliphatic carbocycles. The molecule has 0 amide bonds. The number of carbonyl (C=O) groups is 2. The van der Waals surface area contributed by atoms with E-state index in [2.05, 4.69) is 0 Å². The molecule has 0 bridgehead atoms. The molecular formula is C11H19AsO4. The first-order chi connectivity index (χ1) is 7.60. The van der Waals surface area contributed by atoms with Crippen LogP contribution in [-0.4, -0.2) is 42.0 Å². The van der Waals surface area contributed by atoms with Crippen molar-refractivity contribution in [2.45, 2.75) is 31.4 Å². The van der Waals surface area contributed by atoms with Crippen LogP contribution in [0.4, 0.5) is 0 Å². The second-order valence-electron chi connectivity index (χ2n) is 3.95. The molecule has 0 aromatic rings. The molecule has 0 aromatic carbocycles. The average molecular weight is 290 g/mol. The van der Waals surface area contributed by atoms with Gasteiger partial charge in [0, 0.05) is 0 Å². The third-order valence-electron chi connectivity index (χ3n) is 2.66. The number of hydrogen-bond acceptors (Lipinski definition) is 4. The molecule has 5 heteroatoms. The van der Waals surface area contributed by atoms with Crippen molar-refractivity contribution in [3.05, 3.63) is 0 Å². The fraction of sp³-hybridized carbons (Fsp3) is 0.818. The van der Waals surface area contributed by atoms with Gasteiger partial charge in [-0.2, -0.15) is 0 Å². The van der Waals surface area contributed by atoms with Gasteiger partial charge in [-0.1, -0.05) is 0 Å². The standard InChI is InChI=1S/C11H19AsO4/c1-3-15-10(13)8-5-7(8)6-9(12)11(14)16-4-2/h7-9H,3-6,12H2,1-2H3/t7-,8-,9-/m0/s1. The summed E-state index contributed by atoms with van der Waals surface area (Å²) < 4.78 is 9.81. The molecule has 0 saturated heterocycles. The Morgan fingerprint density at radius 1 is 1.31 bits per heavy atom. The Morgan fingerprint density at radius 2 is 1.94 bits per heavy atom. The van der Waals surface area contributed by atoms with Crippen molar-refractivity contribution in [3.8, 4) is 0 Å². The first kappa shape index (κ1) is 13.6. The SMILES string of the molecule is CCOC(=O)[C@H]1C[C@H]1C[C@H]([AsH2])C(=O)OCC. The van der Waals surface area contributed by atoms with E-state index in [0.29, 0.717) is 19.1 Å². The summed E-state index contributed by atoms with van der Waals surface area (Å²) in [7, 11) is 0. The predicted molar refractivity (Wildman–Crippen MR) is 61.8 cm³/mol. The van der Waals surface area contributed by atoms with Crippen molar-refractivity contribution in [2.24, 2.45) is 11.8 Å². The van der Waals surface area contributed by atoms with Gasteiger partial charge in [-0.25, -0.2) is 0 Å². The molecule has 0 aliphatic heterocycles. The van der Waals surface area contributed by atoms with Gasteiger partial charge < -0.3 is 0 Å². The Labute approximate surface area is 105 Å². The topological polar surface area (TPSA) is 52.6 Å². The maximum atomic E-state index is 11.4. The Balaban J connectivity index is 2.25. The van der Waals surface area contributed by atoms with Crippen LogP contribution in [0.15, 0.2) is 0 Å². The molecule has 1 fully saturated rings. The van der Waals surface area contributed by atoms with E-state index in [9.17, 15) is 9.59 Å². The molecule has 1 aliphatic rings. The number of esters is 2. The van der Waals surface area contributed by atoms with Crippen LogP contribution >= 0.6 is 0 Å². The maximum absolute atomic E-state index is 11.4. The molecule has 92 valence electrons. The molecule has 1 unspecified atom stereocenters. The van der Waals surface area contributed by atoms with Crippen LogP contribution in [0, 0.1) is 11.8 Å². The fourth-order valence-electron chi connectivity index (χ4n) is 1.72. The quantitative estimate of drug-likeness (QED) is 0.530. The monoisotopic (exact) mass is 290 g/mol. The Bertz CT molecular complexity index is 267. The first-order valence-electron chi connectivity index (χ1n) is 5.69. The molecule has 1 rings (SSSR count). The summed E-state index contributed by atoms with van der Waals surface area (Å²) in [4.78, 5) is 22.7. The van der Waals surface area contributed by atoms with Gasteiger partial charge >= 0.3 is 104 Å². The molecule has 0 heterocycles. The molecule has 1 saturated carbocycles. The zero-order chi connectivity index (χ0) is 12.1. The average Bonchev–Trinajstić information content (AvgIpc) is 2.98. The van der Waals surface area contributed by atoms with E-state index in [1.807, 2.05) is 0 Å². The summed E-state index contributed by atoms with van der Waals surface area (Å²) in [5, 5.41) is 0. The Kier molecular flexibility index (Phi) is 5.33. The van der Waals surface area contributed by atoms with E-state index >= 15 is 0 Å². The second-order valence-corrected chi connectivity index (χ2v) is 5.64. The van der Waals surface area contributed by atoms with E-state index in [-0.39, 0.29) is 22.6 Å². The molecule has 4 atom stereocenters. The van der Waals surface area contributed by atoms with Gasteiger partial charge in [0.25, 0.3) is 0 Å². The van der Waals surface area contributed by atoms with Crippen molar-refractivity contribution >= 4 is 28.8 Å². The van der Waals surface area contributed by atoms with Crippen LogP contribution in [0.5, 0.6) is 0 Å². The summed E-state index contributed by atoms with van der Waals surface area (Å²) in [6.07, 6.45) is 1.61. The van der Waals surface area contributed by atoms with Gasteiger partial charge in [0.05, 0.1) is 0 Å². The molecule has 0 radical (unpaired) electrons. The van der Waals surface area contributed by atoms with E-state index in [0.717, 1.165) is 12.8 Å². The van der Waals surface area contributed by atoms with Crippen LogP contribution in [-0.2, 0) is 19.1 Å². The van der Waals surface area contributed by atoms with Crippen LogP contribution < -0.4 is 0 Å². The number of ether oxygens (including phenoxy) is 2. The van der Waals surface area contributed by atoms with Crippen molar-refractivity contribution in [1.29, 1.82) is 0 Å². The first-order valence-corrected chi connectivity index (χ1v) is 7.08. The molecule has 16 heavy (non-hydrogen) atoms. The van der Waals surface area contributed by atoms with Crippen LogP contribution in [0.3, 0.4) is 0 Å². The van der Waals surface area contributed by atoms with Gasteiger partial charge in [0.15, 0.2) is 0 Å². The van der Waals surface area contributed by atoms with Crippen molar-refractivity contribution in [3.63, 3.8) is 0 Å². The second kappa shape index (κ2) is 6.29. The number of carbonyl (C=O) groups excluding carboxylic acids is 2. The summed E-state index contributed by atoms with van der Waals surface area (Å²) in [5.74, 6) is 0.0843. The van der Waals surface area contributed by atoms with Crippen LogP contribution in [0.1, 0.15) is 26.7 Å². The van der Waals surface area contributed by atoms with E-state index in [1.54, 1.807) is 13.8 Å². The Morgan fingerprint density at radius 3 is 2.50 bits per heavy atom. The zero-order valence-corrected chi connectivity index (χ0v) is 12.2. The van der Waals surface area contributed by atoms with Gasteiger partial charge in [-0.05, 0) is 0 Å². The third-order valence-corrected chi connectivity index (χ3v) is 3.80. The van der Waals surface area contributed by atoms with E-state index < -0.39 is 0 Å². The van der Waals surface area contributed by atoms with E-state index in [4.69, 9.17) is 9.47 Å².